The number of anilines is 1. The van der Waals surface area contributed by atoms with Crippen LogP contribution in [0.3, 0.4) is 0 Å². The van der Waals surface area contributed by atoms with E-state index in [1.807, 2.05) is 0 Å². The fraction of sp³-hybridized carbons (Fsp3) is 0.571. The highest BCUT2D eigenvalue weighted by Crippen LogP contribution is 2.32. The summed E-state index contributed by atoms with van der Waals surface area (Å²) in [5, 5.41) is 0. The summed E-state index contributed by atoms with van der Waals surface area (Å²) in [5.74, 6) is -9.34. The largest absolute Gasteiger partial charge is 0.365 e. The van der Waals surface area contributed by atoms with Gasteiger partial charge in [0.1, 0.15) is 5.69 Å². The molecule has 0 bridgehead atoms. The van der Waals surface area contributed by atoms with E-state index in [0.29, 0.717) is 13.0 Å². The van der Waals surface area contributed by atoms with E-state index in [4.69, 9.17) is 0 Å². The average Bonchev–Trinajstić information content (AvgIpc) is 2.81. The predicted octanol–water partition coefficient (Wildman–Crippen LogP) is 3.06. The summed E-state index contributed by atoms with van der Waals surface area (Å²) >= 11 is 0. The first-order valence-corrected chi connectivity index (χ1v) is 7.01. The van der Waals surface area contributed by atoms with Crippen LogP contribution in [-0.2, 0) is 0 Å². The Labute approximate surface area is 119 Å². The fourth-order valence-corrected chi connectivity index (χ4v) is 3.28. The highest BCUT2D eigenvalue weighted by molar-refractivity contribution is 5.51. The van der Waals surface area contributed by atoms with Gasteiger partial charge in [-0.1, -0.05) is 0 Å². The highest BCUT2D eigenvalue weighted by atomic mass is 19.2. The topological polar surface area (TPSA) is 6.48 Å². The maximum Gasteiger partial charge on any atom is 0.200 e. The molecular formula is C14H15F5N2. The summed E-state index contributed by atoms with van der Waals surface area (Å²) < 4.78 is 67.5. The van der Waals surface area contributed by atoms with Crippen molar-refractivity contribution in [3.63, 3.8) is 0 Å². The third-order valence-electron chi connectivity index (χ3n) is 4.31. The van der Waals surface area contributed by atoms with Gasteiger partial charge in [0.05, 0.1) is 0 Å². The highest BCUT2D eigenvalue weighted by Gasteiger charge is 2.34. The second-order valence-corrected chi connectivity index (χ2v) is 5.55. The lowest BCUT2D eigenvalue weighted by Gasteiger charge is -2.28. The van der Waals surface area contributed by atoms with E-state index >= 15 is 0 Å². The van der Waals surface area contributed by atoms with Crippen molar-refractivity contribution in [1.82, 2.24) is 4.90 Å². The Hall–Kier alpha value is -1.37. The molecule has 0 saturated carbocycles. The summed E-state index contributed by atoms with van der Waals surface area (Å²) in [5.41, 5.74) is -0.792. The maximum absolute atomic E-state index is 13.9. The van der Waals surface area contributed by atoms with E-state index in [2.05, 4.69) is 4.90 Å². The molecule has 2 nitrogen and oxygen atoms in total. The molecule has 0 spiro atoms. The van der Waals surface area contributed by atoms with Gasteiger partial charge >= 0.3 is 0 Å². The van der Waals surface area contributed by atoms with Gasteiger partial charge in [-0.3, -0.25) is 4.90 Å². The number of halogens is 5. The molecule has 2 aliphatic rings. The van der Waals surface area contributed by atoms with E-state index in [1.54, 1.807) is 0 Å². The zero-order chi connectivity index (χ0) is 15.1. The molecule has 1 unspecified atom stereocenters. The van der Waals surface area contributed by atoms with Crippen molar-refractivity contribution in [3.8, 4) is 0 Å². The SMILES string of the molecule is Fc1c(F)c(F)c(N2CCCN3CCCC3C2)c(F)c1F. The number of benzene rings is 1. The molecule has 1 atom stereocenters. The number of hydrogen-bond acceptors (Lipinski definition) is 2. The average molecular weight is 306 g/mol. The minimum absolute atomic E-state index is 0.113. The van der Waals surface area contributed by atoms with E-state index in [-0.39, 0.29) is 12.6 Å². The molecule has 2 heterocycles. The van der Waals surface area contributed by atoms with Gasteiger partial charge in [-0.15, -0.1) is 0 Å². The lowest BCUT2D eigenvalue weighted by Crippen LogP contribution is -2.37. The van der Waals surface area contributed by atoms with Gasteiger partial charge in [-0.2, -0.15) is 0 Å². The van der Waals surface area contributed by atoms with Crippen molar-refractivity contribution in [2.75, 3.05) is 31.1 Å². The Morgan fingerprint density at radius 3 is 1.95 bits per heavy atom. The molecule has 0 aliphatic carbocycles. The van der Waals surface area contributed by atoms with Crippen LogP contribution in [-0.4, -0.2) is 37.1 Å². The zero-order valence-electron chi connectivity index (χ0n) is 11.3. The Balaban J connectivity index is 1.99. The molecule has 1 aromatic carbocycles. The van der Waals surface area contributed by atoms with Crippen LogP contribution in [0, 0.1) is 29.1 Å². The summed E-state index contributed by atoms with van der Waals surface area (Å²) in [6.07, 6.45) is 2.51. The standard InChI is InChI=1S/C14H15F5N2/c15-9-10(16)12(18)14(13(19)11(9)17)21-6-2-5-20-4-1-3-8(20)7-21/h8H,1-7H2. The van der Waals surface area contributed by atoms with Crippen LogP contribution in [0.4, 0.5) is 27.6 Å². The molecule has 21 heavy (non-hydrogen) atoms. The van der Waals surface area contributed by atoms with Crippen LogP contribution < -0.4 is 4.90 Å². The summed E-state index contributed by atoms with van der Waals surface area (Å²) in [7, 11) is 0. The fourth-order valence-electron chi connectivity index (χ4n) is 3.28. The van der Waals surface area contributed by atoms with Crippen molar-refractivity contribution in [3.05, 3.63) is 29.1 Å². The molecule has 7 heteroatoms. The van der Waals surface area contributed by atoms with Crippen LogP contribution in [0.5, 0.6) is 0 Å². The van der Waals surface area contributed by atoms with Crippen LogP contribution in [0.15, 0.2) is 0 Å². The first kappa shape index (κ1) is 14.6. The summed E-state index contributed by atoms with van der Waals surface area (Å²) in [6, 6.07) is 0.113. The Bertz CT molecular complexity index is 534. The molecule has 0 radical (unpaired) electrons. The molecule has 0 N–H and O–H groups in total. The van der Waals surface area contributed by atoms with Gasteiger partial charge in [0, 0.05) is 25.7 Å². The van der Waals surface area contributed by atoms with Crippen LogP contribution in [0.25, 0.3) is 0 Å². The van der Waals surface area contributed by atoms with Crippen molar-refractivity contribution >= 4 is 5.69 Å². The van der Waals surface area contributed by atoms with Gasteiger partial charge in [-0.25, -0.2) is 22.0 Å². The van der Waals surface area contributed by atoms with Crippen molar-refractivity contribution < 1.29 is 22.0 Å². The van der Waals surface area contributed by atoms with Crippen molar-refractivity contribution in [1.29, 1.82) is 0 Å². The van der Waals surface area contributed by atoms with E-state index < -0.39 is 34.8 Å². The van der Waals surface area contributed by atoms with Crippen LogP contribution in [0.1, 0.15) is 19.3 Å². The van der Waals surface area contributed by atoms with Crippen molar-refractivity contribution in [2.45, 2.75) is 25.3 Å². The van der Waals surface area contributed by atoms with Crippen molar-refractivity contribution in [2.24, 2.45) is 0 Å². The summed E-state index contributed by atoms with van der Waals surface area (Å²) in [4.78, 5) is 3.51. The number of nitrogens with zero attached hydrogens (tertiary/aromatic N) is 2. The molecule has 116 valence electrons. The van der Waals surface area contributed by atoms with E-state index in [9.17, 15) is 22.0 Å². The number of rotatable bonds is 1. The monoisotopic (exact) mass is 306 g/mol. The lowest BCUT2D eigenvalue weighted by molar-refractivity contribution is 0.272. The molecule has 1 aromatic rings. The zero-order valence-corrected chi connectivity index (χ0v) is 11.3. The minimum Gasteiger partial charge on any atom is -0.365 e. The van der Waals surface area contributed by atoms with Crippen LogP contribution in [0.2, 0.25) is 0 Å². The summed E-state index contributed by atoms with van der Waals surface area (Å²) in [6.45, 7) is 2.29. The molecule has 2 fully saturated rings. The maximum atomic E-state index is 13.9. The molecule has 2 saturated heterocycles. The number of hydrogen-bond donors (Lipinski definition) is 0. The Morgan fingerprint density at radius 1 is 0.714 bits per heavy atom. The lowest BCUT2D eigenvalue weighted by atomic mass is 10.1. The third-order valence-corrected chi connectivity index (χ3v) is 4.31. The first-order valence-electron chi connectivity index (χ1n) is 7.01. The molecule has 3 rings (SSSR count). The Kier molecular flexibility index (Phi) is 3.77. The normalized spacial score (nSPS) is 23.3. The molecule has 0 aromatic heterocycles. The van der Waals surface area contributed by atoms with E-state index in [0.717, 1.165) is 25.9 Å². The van der Waals surface area contributed by atoms with Gasteiger partial charge < -0.3 is 4.90 Å². The smallest absolute Gasteiger partial charge is 0.200 e. The van der Waals surface area contributed by atoms with Gasteiger partial charge in [0.15, 0.2) is 23.3 Å². The minimum atomic E-state index is -2.11. The Morgan fingerprint density at radius 2 is 1.29 bits per heavy atom. The second kappa shape index (κ2) is 5.44. The van der Waals surface area contributed by atoms with Gasteiger partial charge in [0.2, 0.25) is 5.82 Å². The van der Waals surface area contributed by atoms with E-state index in [1.165, 1.54) is 4.90 Å². The molecular weight excluding hydrogens is 291 g/mol. The predicted molar refractivity (Wildman–Crippen MR) is 67.7 cm³/mol. The first-order chi connectivity index (χ1) is 10.0. The number of fused-ring (bicyclic) bond motifs is 1. The molecule has 2 aliphatic heterocycles. The molecule has 0 amide bonds. The van der Waals surface area contributed by atoms with Gasteiger partial charge in [-0.05, 0) is 25.8 Å². The van der Waals surface area contributed by atoms with Gasteiger partial charge in [0.25, 0.3) is 0 Å². The quantitative estimate of drug-likeness (QED) is 0.447. The third kappa shape index (κ3) is 2.37. The second-order valence-electron chi connectivity index (χ2n) is 5.55. The van der Waals surface area contributed by atoms with Crippen LogP contribution >= 0.6 is 0 Å².